The highest BCUT2D eigenvalue weighted by atomic mass is 16.5. The van der Waals surface area contributed by atoms with Gasteiger partial charge in [-0.15, -0.1) is 0 Å². The molecule has 1 N–H and O–H groups in total. The van der Waals surface area contributed by atoms with Crippen molar-refractivity contribution in [1.29, 1.82) is 0 Å². The molecule has 3 aliphatic rings. The van der Waals surface area contributed by atoms with E-state index in [0.29, 0.717) is 17.0 Å². The maximum Gasteiger partial charge on any atom is 0.238 e. The van der Waals surface area contributed by atoms with Gasteiger partial charge in [-0.3, -0.25) is 14.4 Å². The molecule has 3 heterocycles. The summed E-state index contributed by atoms with van der Waals surface area (Å²) < 4.78 is 5.41. The second kappa shape index (κ2) is 8.42. The van der Waals surface area contributed by atoms with E-state index in [4.69, 9.17) is 4.74 Å². The average Bonchev–Trinajstić information content (AvgIpc) is 3.40. The van der Waals surface area contributed by atoms with Crippen molar-refractivity contribution in [1.82, 2.24) is 0 Å². The van der Waals surface area contributed by atoms with E-state index in [2.05, 4.69) is 5.32 Å². The zero-order chi connectivity index (χ0) is 26.8. The molecule has 3 aliphatic heterocycles. The van der Waals surface area contributed by atoms with E-state index in [0.717, 1.165) is 16.8 Å². The number of anilines is 2. The number of ketones is 2. The molecule has 6 nitrogen and oxygen atoms in total. The van der Waals surface area contributed by atoms with Crippen LogP contribution in [0.25, 0.3) is 6.08 Å². The largest absolute Gasteiger partial charge is 0.497 e. The third-order valence-corrected chi connectivity index (χ3v) is 8.19. The number of methoxy groups -OCH3 is 1. The highest BCUT2D eigenvalue weighted by molar-refractivity contribution is 6.17. The number of benzene rings is 3. The lowest BCUT2D eigenvalue weighted by atomic mass is 9.63. The summed E-state index contributed by atoms with van der Waals surface area (Å²) in [6.07, 6.45) is 4.00. The molecule has 0 radical (unpaired) electrons. The Morgan fingerprint density at radius 1 is 0.974 bits per heavy atom. The van der Waals surface area contributed by atoms with Crippen molar-refractivity contribution in [2.75, 3.05) is 17.3 Å². The molecule has 1 fully saturated rings. The molecule has 38 heavy (non-hydrogen) atoms. The Labute approximate surface area is 222 Å². The minimum absolute atomic E-state index is 0.0806. The first-order valence-corrected chi connectivity index (χ1v) is 12.9. The summed E-state index contributed by atoms with van der Waals surface area (Å²) in [4.78, 5) is 45.4. The summed E-state index contributed by atoms with van der Waals surface area (Å²) in [7, 11) is 1.55. The first kappa shape index (κ1) is 24.2. The van der Waals surface area contributed by atoms with Crippen LogP contribution in [0.2, 0.25) is 0 Å². The van der Waals surface area contributed by atoms with Gasteiger partial charge in [0.15, 0.2) is 11.6 Å². The van der Waals surface area contributed by atoms with E-state index in [-0.39, 0.29) is 17.5 Å². The molecule has 4 atom stereocenters. The van der Waals surface area contributed by atoms with Gasteiger partial charge in [-0.1, -0.05) is 81.5 Å². The minimum atomic E-state index is -1.30. The molecule has 0 aliphatic carbocycles. The SMILES string of the molecule is COc1cccc(C(=O)[C@@H]2[C@H](C(=O)C(C)(C)C)N3c4ccccc4C=C[C@@H]3[C@]23C(=O)Nc2ccccc23)c1. The first-order chi connectivity index (χ1) is 18.2. The van der Waals surface area contributed by atoms with Crippen molar-refractivity contribution in [2.24, 2.45) is 11.3 Å². The fourth-order valence-electron chi connectivity index (χ4n) is 6.52. The normalized spacial score (nSPS) is 25.0. The van der Waals surface area contributed by atoms with Crippen LogP contribution in [0.1, 0.15) is 42.3 Å². The van der Waals surface area contributed by atoms with E-state index in [9.17, 15) is 14.4 Å². The van der Waals surface area contributed by atoms with E-state index >= 15 is 0 Å². The number of carbonyl (C=O) groups excluding carboxylic acids is 3. The lowest BCUT2D eigenvalue weighted by Crippen LogP contribution is -2.51. The Hall–Kier alpha value is -4.19. The van der Waals surface area contributed by atoms with Crippen LogP contribution in [0.3, 0.4) is 0 Å². The number of Topliss-reactive ketones (excluding diaryl/α,β-unsaturated/α-hetero) is 2. The molecule has 0 unspecified atom stereocenters. The molecule has 6 heteroatoms. The van der Waals surface area contributed by atoms with Crippen molar-refractivity contribution < 1.29 is 19.1 Å². The molecule has 1 amide bonds. The smallest absolute Gasteiger partial charge is 0.238 e. The fourth-order valence-corrected chi connectivity index (χ4v) is 6.52. The number of nitrogens with one attached hydrogen (secondary N) is 1. The maximum atomic E-state index is 14.7. The number of nitrogens with zero attached hydrogens (tertiary/aromatic N) is 1. The van der Waals surface area contributed by atoms with Crippen LogP contribution in [0.15, 0.2) is 78.9 Å². The molecular formula is C32H30N2O4. The van der Waals surface area contributed by atoms with Crippen LogP contribution < -0.4 is 15.0 Å². The standard InChI is InChI=1S/C32H30N2O4/c1-31(2,3)29(36)27-26(28(35)20-11-9-12-21(18-20)38-4)32(22-13-6-7-14-23(22)33-30(32)37)25-17-16-19-10-5-8-15-24(19)34(25)27/h5-18,25-27H,1-4H3,(H,33,37)/t25-,26+,27-,32+/m1/s1. The highest BCUT2D eigenvalue weighted by Gasteiger charge is 2.70. The second-order valence-electron chi connectivity index (χ2n) is 11.3. The molecule has 0 aromatic heterocycles. The van der Waals surface area contributed by atoms with Gasteiger partial charge >= 0.3 is 0 Å². The van der Waals surface area contributed by atoms with Crippen molar-refractivity contribution in [2.45, 2.75) is 38.3 Å². The zero-order valence-electron chi connectivity index (χ0n) is 21.9. The van der Waals surface area contributed by atoms with Crippen molar-refractivity contribution in [3.8, 4) is 5.75 Å². The number of ether oxygens (including phenoxy) is 1. The summed E-state index contributed by atoms with van der Waals surface area (Å²) in [5, 5.41) is 3.06. The van der Waals surface area contributed by atoms with Gasteiger partial charge in [0.2, 0.25) is 5.91 Å². The van der Waals surface area contributed by atoms with Crippen LogP contribution >= 0.6 is 0 Å². The summed E-state index contributed by atoms with van der Waals surface area (Å²) in [5.74, 6) is -1.02. The van der Waals surface area contributed by atoms with Gasteiger partial charge in [0.25, 0.3) is 0 Å². The number of amides is 1. The Bertz CT molecular complexity index is 1520. The fraction of sp³-hybridized carbons (Fsp3) is 0.281. The van der Waals surface area contributed by atoms with Gasteiger partial charge in [0, 0.05) is 22.4 Å². The molecule has 1 saturated heterocycles. The zero-order valence-corrected chi connectivity index (χ0v) is 21.9. The second-order valence-corrected chi connectivity index (χ2v) is 11.3. The lowest BCUT2D eigenvalue weighted by Gasteiger charge is -2.38. The number of hydrogen-bond donors (Lipinski definition) is 1. The van der Waals surface area contributed by atoms with Crippen LogP contribution in [0.5, 0.6) is 5.75 Å². The molecule has 6 rings (SSSR count). The lowest BCUT2D eigenvalue weighted by molar-refractivity contribution is -0.128. The summed E-state index contributed by atoms with van der Waals surface area (Å²) >= 11 is 0. The van der Waals surface area contributed by atoms with Gasteiger partial charge < -0.3 is 15.0 Å². The summed E-state index contributed by atoms with van der Waals surface area (Å²) in [6, 6.07) is 20.9. The third-order valence-electron chi connectivity index (χ3n) is 8.19. The Morgan fingerprint density at radius 2 is 1.71 bits per heavy atom. The summed E-state index contributed by atoms with van der Waals surface area (Å²) in [5.41, 5.74) is 1.58. The van der Waals surface area contributed by atoms with E-state index in [1.165, 1.54) is 0 Å². The van der Waals surface area contributed by atoms with Crippen LogP contribution in [-0.2, 0) is 15.0 Å². The molecule has 192 valence electrons. The number of rotatable bonds is 4. The maximum absolute atomic E-state index is 14.7. The third kappa shape index (κ3) is 3.22. The molecule has 0 bridgehead atoms. The van der Waals surface area contributed by atoms with Crippen LogP contribution in [0, 0.1) is 11.3 Å². The van der Waals surface area contributed by atoms with E-state index in [1.807, 2.05) is 86.4 Å². The monoisotopic (exact) mass is 506 g/mol. The topological polar surface area (TPSA) is 75.7 Å². The Morgan fingerprint density at radius 3 is 2.47 bits per heavy atom. The molecular weight excluding hydrogens is 476 g/mol. The van der Waals surface area contributed by atoms with Crippen molar-refractivity contribution in [3.63, 3.8) is 0 Å². The van der Waals surface area contributed by atoms with Crippen molar-refractivity contribution >= 4 is 34.9 Å². The number of carbonyl (C=O) groups is 3. The van der Waals surface area contributed by atoms with Gasteiger partial charge in [-0.25, -0.2) is 0 Å². The predicted octanol–water partition coefficient (Wildman–Crippen LogP) is 5.28. The molecule has 3 aromatic carbocycles. The highest BCUT2D eigenvalue weighted by Crippen LogP contribution is 2.58. The van der Waals surface area contributed by atoms with Gasteiger partial charge in [0.05, 0.1) is 19.1 Å². The molecule has 1 spiro atoms. The Balaban J connectivity index is 1.68. The van der Waals surface area contributed by atoms with Crippen LogP contribution in [0.4, 0.5) is 11.4 Å². The van der Waals surface area contributed by atoms with Gasteiger partial charge in [-0.05, 0) is 35.4 Å². The quantitative estimate of drug-likeness (QED) is 0.487. The minimum Gasteiger partial charge on any atom is -0.497 e. The van der Waals surface area contributed by atoms with Gasteiger partial charge in [-0.2, -0.15) is 0 Å². The number of hydrogen-bond acceptors (Lipinski definition) is 5. The van der Waals surface area contributed by atoms with E-state index < -0.39 is 28.8 Å². The first-order valence-electron chi connectivity index (χ1n) is 12.9. The number of fused-ring (bicyclic) bond motifs is 6. The van der Waals surface area contributed by atoms with E-state index in [1.54, 1.807) is 31.4 Å². The summed E-state index contributed by atoms with van der Waals surface area (Å²) in [6.45, 7) is 5.62. The number of para-hydroxylation sites is 2. The van der Waals surface area contributed by atoms with Crippen LogP contribution in [-0.4, -0.2) is 36.7 Å². The Kier molecular flexibility index (Phi) is 5.35. The van der Waals surface area contributed by atoms with Gasteiger partial charge in [0.1, 0.15) is 17.2 Å². The molecule has 0 saturated carbocycles. The van der Waals surface area contributed by atoms with Crippen molar-refractivity contribution in [3.05, 3.63) is 95.6 Å². The average molecular weight is 507 g/mol. The predicted molar refractivity (Wildman–Crippen MR) is 148 cm³/mol. The molecule has 3 aromatic rings.